The molecular formula is C50H33NO. The van der Waals surface area contributed by atoms with E-state index < -0.39 is 0 Å². The highest BCUT2D eigenvalue weighted by molar-refractivity contribution is 6.06. The Morgan fingerprint density at radius 2 is 0.846 bits per heavy atom. The zero-order chi connectivity index (χ0) is 34.4. The molecule has 10 rings (SSSR count). The molecule has 1 aromatic heterocycles. The van der Waals surface area contributed by atoms with Gasteiger partial charge >= 0.3 is 0 Å². The molecule has 0 radical (unpaired) electrons. The van der Waals surface area contributed by atoms with E-state index in [9.17, 15) is 0 Å². The average Bonchev–Trinajstić information content (AvgIpc) is 3.59. The van der Waals surface area contributed by atoms with Gasteiger partial charge in [-0.1, -0.05) is 140 Å². The normalized spacial score (nSPS) is 11.5. The maximum Gasteiger partial charge on any atom is 0.137 e. The molecule has 0 saturated carbocycles. The predicted octanol–water partition coefficient (Wildman–Crippen LogP) is 14.4. The van der Waals surface area contributed by atoms with Gasteiger partial charge in [-0.15, -0.1) is 0 Å². The molecule has 10 aromatic rings. The molecule has 1 heterocycles. The lowest BCUT2D eigenvalue weighted by Crippen LogP contribution is -2.09. The standard InChI is InChI=1S/C50H33NO/c1-2-11-38-32-41(20-19-34(38)9-1)40-14-7-13-39(31-40)35-21-25-42(26-22-35)51(44-29-30-48-47-16-5-6-18-49(47)52-50(48)33-44)43-27-23-37(24-28-43)46-17-8-12-36-10-3-4-15-45(36)46/h1-33H. The monoisotopic (exact) mass is 663 g/mol. The van der Waals surface area contributed by atoms with Gasteiger partial charge in [0.2, 0.25) is 0 Å². The Labute approximate surface area is 302 Å². The Morgan fingerprint density at radius 3 is 1.65 bits per heavy atom. The fourth-order valence-corrected chi connectivity index (χ4v) is 7.62. The van der Waals surface area contributed by atoms with E-state index in [-0.39, 0.29) is 0 Å². The van der Waals surface area contributed by atoms with Crippen LogP contribution in [-0.4, -0.2) is 0 Å². The Morgan fingerprint density at radius 1 is 0.288 bits per heavy atom. The second-order valence-corrected chi connectivity index (χ2v) is 13.4. The van der Waals surface area contributed by atoms with E-state index in [2.05, 4.69) is 193 Å². The minimum absolute atomic E-state index is 0.873. The molecule has 0 aliphatic carbocycles. The Balaban J connectivity index is 1.04. The molecule has 9 aromatic carbocycles. The minimum atomic E-state index is 0.873. The SMILES string of the molecule is c1cc(-c2ccc(N(c3ccc(-c4cccc5ccccc45)cc3)c3ccc4c(c3)oc3ccccc34)cc2)cc(-c2ccc3ccccc3c2)c1. The first-order valence-corrected chi connectivity index (χ1v) is 17.7. The Bertz CT molecular complexity index is 2890. The summed E-state index contributed by atoms with van der Waals surface area (Å²) >= 11 is 0. The molecule has 0 atom stereocenters. The Hall–Kier alpha value is -6.90. The predicted molar refractivity (Wildman–Crippen MR) is 220 cm³/mol. The largest absolute Gasteiger partial charge is 0.456 e. The number of para-hydroxylation sites is 1. The smallest absolute Gasteiger partial charge is 0.137 e. The molecular weight excluding hydrogens is 631 g/mol. The van der Waals surface area contributed by atoms with Crippen LogP contribution in [-0.2, 0) is 0 Å². The number of anilines is 3. The summed E-state index contributed by atoms with van der Waals surface area (Å²) in [7, 11) is 0. The molecule has 0 spiro atoms. The van der Waals surface area contributed by atoms with Crippen molar-refractivity contribution in [2.75, 3.05) is 4.90 Å². The number of benzene rings is 9. The molecule has 0 bridgehead atoms. The molecule has 0 unspecified atom stereocenters. The first kappa shape index (κ1) is 30.0. The van der Waals surface area contributed by atoms with Gasteiger partial charge in [0.25, 0.3) is 0 Å². The maximum atomic E-state index is 6.35. The van der Waals surface area contributed by atoms with Crippen LogP contribution in [0.4, 0.5) is 17.1 Å². The zero-order valence-corrected chi connectivity index (χ0v) is 28.4. The van der Waals surface area contributed by atoms with Crippen LogP contribution in [0.2, 0.25) is 0 Å². The molecule has 0 fully saturated rings. The van der Waals surface area contributed by atoms with Gasteiger partial charge in [-0.25, -0.2) is 0 Å². The van der Waals surface area contributed by atoms with Crippen molar-refractivity contribution in [1.29, 1.82) is 0 Å². The summed E-state index contributed by atoms with van der Waals surface area (Å²) in [6.07, 6.45) is 0. The van der Waals surface area contributed by atoms with E-state index in [1.165, 1.54) is 54.9 Å². The van der Waals surface area contributed by atoms with Crippen molar-refractivity contribution >= 4 is 60.5 Å². The Kier molecular flexibility index (Phi) is 7.18. The summed E-state index contributed by atoms with van der Waals surface area (Å²) in [6.45, 7) is 0. The summed E-state index contributed by atoms with van der Waals surface area (Å²) in [6, 6.07) is 71.8. The first-order valence-electron chi connectivity index (χ1n) is 17.7. The van der Waals surface area contributed by atoms with Crippen LogP contribution in [0.15, 0.2) is 205 Å². The van der Waals surface area contributed by atoms with Gasteiger partial charge in [-0.2, -0.15) is 0 Å². The van der Waals surface area contributed by atoms with Crippen LogP contribution in [0, 0.1) is 0 Å². The van der Waals surface area contributed by atoms with E-state index in [1.54, 1.807) is 0 Å². The average molecular weight is 664 g/mol. The van der Waals surface area contributed by atoms with Crippen molar-refractivity contribution in [3.8, 4) is 33.4 Å². The third-order valence-corrected chi connectivity index (χ3v) is 10.3. The van der Waals surface area contributed by atoms with Crippen LogP contribution >= 0.6 is 0 Å². The second kappa shape index (κ2) is 12.5. The molecule has 2 nitrogen and oxygen atoms in total. The number of furan rings is 1. The number of hydrogen-bond donors (Lipinski definition) is 0. The molecule has 2 heteroatoms. The highest BCUT2D eigenvalue weighted by atomic mass is 16.3. The lowest BCUT2D eigenvalue weighted by Gasteiger charge is -2.26. The number of rotatable bonds is 6. The molecule has 244 valence electrons. The first-order chi connectivity index (χ1) is 25.7. The van der Waals surface area contributed by atoms with Gasteiger partial charge in [0.1, 0.15) is 11.2 Å². The van der Waals surface area contributed by atoms with E-state index in [0.717, 1.165) is 39.0 Å². The van der Waals surface area contributed by atoms with E-state index in [4.69, 9.17) is 4.42 Å². The van der Waals surface area contributed by atoms with Crippen LogP contribution in [0.25, 0.3) is 76.9 Å². The van der Waals surface area contributed by atoms with Crippen molar-refractivity contribution in [2.45, 2.75) is 0 Å². The third-order valence-electron chi connectivity index (χ3n) is 10.3. The van der Waals surface area contributed by atoms with Gasteiger partial charge < -0.3 is 9.32 Å². The van der Waals surface area contributed by atoms with Gasteiger partial charge in [-0.3, -0.25) is 0 Å². The number of hydrogen-bond acceptors (Lipinski definition) is 2. The van der Waals surface area contributed by atoms with E-state index in [1.807, 2.05) is 12.1 Å². The molecule has 0 saturated heterocycles. The minimum Gasteiger partial charge on any atom is -0.456 e. The molecule has 0 amide bonds. The summed E-state index contributed by atoms with van der Waals surface area (Å²) in [5.41, 5.74) is 12.2. The number of nitrogens with zero attached hydrogens (tertiary/aromatic N) is 1. The molecule has 0 aliphatic heterocycles. The topological polar surface area (TPSA) is 16.4 Å². The fourth-order valence-electron chi connectivity index (χ4n) is 7.62. The summed E-state index contributed by atoms with van der Waals surface area (Å²) in [5.74, 6) is 0. The highest BCUT2D eigenvalue weighted by Crippen LogP contribution is 2.40. The van der Waals surface area contributed by atoms with Crippen molar-refractivity contribution in [3.05, 3.63) is 200 Å². The summed E-state index contributed by atoms with van der Waals surface area (Å²) in [5, 5.41) is 7.25. The van der Waals surface area contributed by atoms with Gasteiger partial charge in [-0.05, 0) is 110 Å². The lowest BCUT2D eigenvalue weighted by atomic mass is 9.97. The van der Waals surface area contributed by atoms with Crippen LogP contribution < -0.4 is 4.90 Å². The van der Waals surface area contributed by atoms with Crippen molar-refractivity contribution in [3.63, 3.8) is 0 Å². The van der Waals surface area contributed by atoms with Crippen molar-refractivity contribution in [1.82, 2.24) is 0 Å². The van der Waals surface area contributed by atoms with Crippen LogP contribution in [0.1, 0.15) is 0 Å². The van der Waals surface area contributed by atoms with Crippen molar-refractivity contribution in [2.24, 2.45) is 0 Å². The van der Waals surface area contributed by atoms with Gasteiger partial charge in [0.15, 0.2) is 0 Å². The molecule has 52 heavy (non-hydrogen) atoms. The van der Waals surface area contributed by atoms with Crippen molar-refractivity contribution < 1.29 is 4.42 Å². The zero-order valence-electron chi connectivity index (χ0n) is 28.4. The molecule has 0 N–H and O–H groups in total. The quantitative estimate of drug-likeness (QED) is 0.176. The van der Waals surface area contributed by atoms with Crippen LogP contribution in [0.5, 0.6) is 0 Å². The van der Waals surface area contributed by atoms with Gasteiger partial charge in [0.05, 0.1) is 0 Å². The van der Waals surface area contributed by atoms with Crippen LogP contribution in [0.3, 0.4) is 0 Å². The van der Waals surface area contributed by atoms with E-state index in [0.29, 0.717) is 0 Å². The lowest BCUT2D eigenvalue weighted by molar-refractivity contribution is 0.669. The highest BCUT2D eigenvalue weighted by Gasteiger charge is 2.16. The second-order valence-electron chi connectivity index (χ2n) is 13.4. The summed E-state index contributed by atoms with van der Waals surface area (Å²) < 4.78 is 6.35. The fraction of sp³-hybridized carbons (Fsp3) is 0. The number of fused-ring (bicyclic) bond motifs is 5. The van der Waals surface area contributed by atoms with Gasteiger partial charge in [0, 0.05) is 33.9 Å². The molecule has 0 aliphatic rings. The summed E-state index contributed by atoms with van der Waals surface area (Å²) in [4.78, 5) is 2.31. The maximum absolute atomic E-state index is 6.35. The third kappa shape index (κ3) is 5.30. The van der Waals surface area contributed by atoms with E-state index >= 15 is 0 Å².